The molecule has 0 amide bonds. The Morgan fingerprint density at radius 1 is 0.636 bits per heavy atom. The number of hydrogen-bond donors (Lipinski definition) is 1. The average Bonchev–Trinajstić information content (AvgIpc) is 2.53. The lowest BCUT2D eigenvalue weighted by Crippen LogP contribution is -1.91. The van der Waals surface area contributed by atoms with E-state index < -0.39 is 0 Å². The van der Waals surface area contributed by atoms with Gasteiger partial charge in [0, 0.05) is 5.69 Å². The molecule has 0 aliphatic carbocycles. The summed E-state index contributed by atoms with van der Waals surface area (Å²) < 4.78 is 0. The fourth-order valence-corrected chi connectivity index (χ4v) is 3.93. The standard InChI is InChI=1S/C21H15N/c1-12-8-9-14-10-15(22)11-18-16-6-2-4-13-5-3-7-17(20(13)16)19(12)21(14)18/h2-11H,22H2,1H3. The van der Waals surface area contributed by atoms with Crippen molar-refractivity contribution in [3.05, 3.63) is 66.2 Å². The van der Waals surface area contributed by atoms with Crippen molar-refractivity contribution < 1.29 is 0 Å². The van der Waals surface area contributed by atoms with Gasteiger partial charge in [0.1, 0.15) is 0 Å². The zero-order valence-electron chi connectivity index (χ0n) is 12.4. The Kier molecular flexibility index (Phi) is 2.09. The lowest BCUT2D eigenvalue weighted by Gasteiger charge is -2.16. The van der Waals surface area contributed by atoms with Gasteiger partial charge in [-0.05, 0) is 67.7 Å². The quantitative estimate of drug-likeness (QED) is 0.222. The number of anilines is 1. The third-order valence-electron chi connectivity index (χ3n) is 4.81. The summed E-state index contributed by atoms with van der Waals surface area (Å²) in [6.45, 7) is 2.20. The molecule has 0 atom stereocenters. The smallest absolute Gasteiger partial charge is 0.0326 e. The predicted octanol–water partition coefficient (Wildman–Crippen LogP) is 5.63. The van der Waals surface area contributed by atoms with E-state index >= 15 is 0 Å². The van der Waals surface area contributed by atoms with E-state index in [0.717, 1.165) is 5.69 Å². The minimum Gasteiger partial charge on any atom is -0.399 e. The molecular weight excluding hydrogens is 266 g/mol. The molecule has 0 fully saturated rings. The predicted molar refractivity (Wildman–Crippen MR) is 96.8 cm³/mol. The Bertz CT molecular complexity index is 1180. The van der Waals surface area contributed by atoms with Gasteiger partial charge in [0.15, 0.2) is 0 Å². The van der Waals surface area contributed by atoms with Crippen LogP contribution < -0.4 is 5.73 Å². The van der Waals surface area contributed by atoms with E-state index in [1.54, 1.807) is 0 Å². The van der Waals surface area contributed by atoms with E-state index in [0.29, 0.717) is 0 Å². The first-order valence-electron chi connectivity index (χ1n) is 7.59. The number of fused-ring (bicyclic) bond motifs is 2. The largest absolute Gasteiger partial charge is 0.399 e. The summed E-state index contributed by atoms with van der Waals surface area (Å²) in [4.78, 5) is 0. The Morgan fingerprint density at radius 3 is 2.23 bits per heavy atom. The maximum atomic E-state index is 6.16. The van der Waals surface area contributed by atoms with Crippen LogP contribution in [0.1, 0.15) is 5.56 Å². The van der Waals surface area contributed by atoms with Crippen LogP contribution in [-0.4, -0.2) is 0 Å². The van der Waals surface area contributed by atoms with Crippen LogP contribution in [0.4, 0.5) is 5.69 Å². The molecule has 0 saturated heterocycles. The highest BCUT2D eigenvalue weighted by Crippen LogP contribution is 2.42. The molecule has 0 bridgehead atoms. The molecule has 0 heterocycles. The van der Waals surface area contributed by atoms with Crippen LogP contribution >= 0.6 is 0 Å². The first kappa shape index (κ1) is 11.8. The molecule has 1 heteroatoms. The monoisotopic (exact) mass is 281 g/mol. The second-order valence-electron chi connectivity index (χ2n) is 6.13. The summed E-state index contributed by atoms with van der Waals surface area (Å²) in [5.41, 5.74) is 8.31. The molecule has 0 aliphatic heterocycles. The number of aryl methyl sites for hydroxylation is 1. The van der Waals surface area contributed by atoms with Gasteiger partial charge in [0.25, 0.3) is 0 Å². The third-order valence-corrected chi connectivity index (χ3v) is 4.81. The van der Waals surface area contributed by atoms with Crippen LogP contribution in [-0.2, 0) is 0 Å². The average molecular weight is 281 g/mol. The number of nitrogens with two attached hydrogens (primary N) is 1. The van der Waals surface area contributed by atoms with Gasteiger partial charge >= 0.3 is 0 Å². The SMILES string of the molecule is Cc1ccc2cc(N)cc3c4cccc5cccc(c1c23)c54. The van der Waals surface area contributed by atoms with Gasteiger partial charge in [-0.1, -0.05) is 48.5 Å². The lowest BCUT2D eigenvalue weighted by atomic mass is 9.88. The van der Waals surface area contributed by atoms with Crippen molar-refractivity contribution in [1.82, 2.24) is 0 Å². The Balaban J connectivity index is 2.31. The summed E-state index contributed by atoms with van der Waals surface area (Å²) in [5.74, 6) is 0. The number of hydrogen-bond acceptors (Lipinski definition) is 1. The van der Waals surface area contributed by atoms with Crippen LogP contribution in [0.25, 0.3) is 43.1 Å². The van der Waals surface area contributed by atoms with Crippen LogP contribution in [0.5, 0.6) is 0 Å². The van der Waals surface area contributed by atoms with E-state index in [1.165, 1.54) is 48.7 Å². The van der Waals surface area contributed by atoms with Crippen molar-refractivity contribution in [2.24, 2.45) is 0 Å². The third kappa shape index (κ3) is 1.33. The molecule has 5 aromatic carbocycles. The van der Waals surface area contributed by atoms with E-state index in [1.807, 2.05) is 0 Å². The van der Waals surface area contributed by atoms with Gasteiger partial charge in [-0.3, -0.25) is 0 Å². The molecular formula is C21H15N. The number of rotatable bonds is 0. The van der Waals surface area contributed by atoms with Crippen molar-refractivity contribution in [1.29, 1.82) is 0 Å². The zero-order chi connectivity index (χ0) is 14.8. The van der Waals surface area contributed by atoms with Crippen LogP contribution in [0, 0.1) is 6.92 Å². The van der Waals surface area contributed by atoms with Crippen molar-refractivity contribution >= 4 is 48.8 Å². The molecule has 0 aliphatic rings. The van der Waals surface area contributed by atoms with Gasteiger partial charge in [0.05, 0.1) is 0 Å². The number of nitrogen functional groups attached to an aromatic ring is 1. The Morgan fingerprint density at radius 2 is 1.41 bits per heavy atom. The molecule has 0 spiro atoms. The van der Waals surface area contributed by atoms with Gasteiger partial charge < -0.3 is 5.73 Å². The lowest BCUT2D eigenvalue weighted by molar-refractivity contribution is 1.56. The highest BCUT2D eigenvalue weighted by Gasteiger charge is 2.14. The van der Waals surface area contributed by atoms with Gasteiger partial charge in [-0.15, -0.1) is 0 Å². The summed E-state index contributed by atoms with van der Waals surface area (Å²) >= 11 is 0. The summed E-state index contributed by atoms with van der Waals surface area (Å²) in [5, 5.41) is 10.5. The Hall–Kier alpha value is -2.80. The molecule has 5 rings (SSSR count). The van der Waals surface area contributed by atoms with E-state index in [2.05, 4.69) is 67.6 Å². The maximum Gasteiger partial charge on any atom is 0.0326 e. The van der Waals surface area contributed by atoms with Crippen LogP contribution in [0.15, 0.2) is 60.7 Å². The van der Waals surface area contributed by atoms with Crippen molar-refractivity contribution in [2.45, 2.75) is 6.92 Å². The van der Waals surface area contributed by atoms with Crippen LogP contribution in [0.2, 0.25) is 0 Å². The topological polar surface area (TPSA) is 26.0 Å². The first-order valence-corrected chi connectivity index (χ1v) is 7.59. The molecule has 0 unspecified atom stereocenters. The van der Waals surface area contributed by atoms with Crippen molar-refractivity contribution in [2.75, 3.05) is 5.73 Å². The van der Waals surface area contributed by atoms with E-state index in [9.17, 15) is 0 Å². The minimum atomic E-state index is 0.827. The molecule has 104 valence electrons. The molecule has 22 heavy (non-hydrogen) atoms. The maximum absolute atomic E-state index is 6.16. The summed E-state index contributed by atoms with van der Waals surface area (Å²) in [6, 6.07) is 21.7. The van der Waals surface area contributed by atoms with Crippen molar-refractivity contribution in [3.8, 4) is 0 Å². The molecule has 5 aromatic rings. The molecule has 1 nitrogen and oxygen atoms in total. The fourth-order valence-electron chi connectivity index (χ4n) is 3.93. The summed E-state index contributed by atoms with van der Waals surface area (Å²) in [7, 11) is 0. The van der Waals surface area contributed by atoms with Gasteiger partial charge in [0.2, 0.25) is 0 Å². The second-order valence-corrected chi connectivity index (χ2v) is 6.13. The van der Waals surface area contributed by atoms with Crippen molar-refractivity contribution in [3.63, 3.8) is 0 Å². The van der Waals surface area contributed by atoms with Crippen LogP contribution in [0.3, 0.4) is 0 Å². The normalized spacial score (nSPS) is 12.0. The highest BCUT2D eigenvalue weighted by molar-refractivity contribution is 6.33. The molecule has 0 saturated carbocycles. The fraction of sp³-hybridized carbons (Fsp3) is 0.0476. The second kappa shape index (κ2) is 3.89. The zero-order valence-corrected chi connectivity index (χ0v) is 12.4. The van der Waals surface area contributed by atoms with Gasteiger partial charge in [-0.2, -0.15) is 0 Å². The van der Waals surface area contributed by atoms with E-state index in [-0.39, 0.29) is 0 Å². The molecule has 0 radical (unpaired) electrons. The summed E-state index contributed by atoms with van der Waals surface area (Å²) in [6.07, 6.45) is 0. The first-order chi connectivity index (χ1) is 10.7. The Labute approximate surface area is 128 Å². The highest BCUT2D eigenvalue weighted by atomic mass is 14.5. The number of benzene rings is 5. The van der Waals surface area contributed by atoms with Gasteiger partial charge in [-0.25, -0.2) is 0 Å². The molecule has 0 aromatic heterocycles. The van der Waals surface area contributed by atoms with E-state index in [4.69, 9.17) is 5.73 Å². The minimum absolute atomic E-state index is 0.827. The molecule has 2 N–H and O–H groups in total.